The van der Waals surface area contributed by atoms with Crippen LogP contribution in [0.1, 0.15) is 58.3 Å². The molecular weight excluding hydrogens is 760 g/mol. The van der Waals surface area contributed by atoms with Gasteiger partial charge in [-0.25, -0.2) is 19.6 Å². The lowest BCUT2D eigenvalue weighted by atomic mass is 9.92. The van der Waals surface area contributed by atoms with E-state index in [2.05, 4.69) is 0 Å². The zero-order valence-electron chi connectivity index (χ0n) is 32.2. The molecule has 0 aliphatic carbocycles. The molecule has 4 fully saturated rings. The first-order valence-corrected chi connectivity index (χ1v) is 19.8. The molecule has 14 nitrogen and oxygen atoms in total. The van der Waals surface area contributed by atoms with Gasteiger partial charge in [-0.2, -0.15) is 0 Å². The summed E-state index contributed by atoms with van der Waals surface area (Å²) in [6.07, 6.45) is -7.88. The van der Waals surface area contributed by atoms with Crippen LogP contribution in [0.2, 0.25) is 0 Å². The van der Waals surface area contributed by atoms with E-state index in [1.165, 1.54) is 0 Å². The largest absolute Gasteiger partial charge is 0.453 e. The number of hydrogen-bond donors (Lipinski definition) is 0. The summed E-state index contributed by atoms with van der Waals surface area (Å²) >= 11 is 0. The maximum Gasteiger partial charge on any atom is 0.338 e. The van der Waals surface area contributed by atoms with Gasteiger partial charge in [0.1, 0.15) is 29.8 Å². The molecule has 4 saturated heterocycles. The first-order valence-electron chi connectivity index (χ1n) is 19.8. The molecular formula is C45H42N2O12. The van der Waals surface area contributed by atoms with Crippen molar-refractivity contribution in [3.05, 3.63) is 144 Å². The zero-order chi connectivity index (χ0) is 40.1. The molecule has 0 unspecified atom stereocenters. The maximum absolute atomic E-state index is 13.6. The Bertz CT molecular complexity index is 2050. The summed E-state index contributed by atoms with van der Waals surface area (Å²) in [5.74, 6) is -0.591. The minimum atomic E-state index is -1.10. The van der Waals surface area contributed by atoms with Crippen molar-refractivity contribution in [2.45, 2.75) is 87.7 Å². The molecule has 10 rings (SSSR count). The highest BCUT2D eigenvalue weighted by Crippen LogP contribution is 2.44. The fourth-order valence-corrected chi connectivity index (χ4v) is 8.21. The Hall–Kier alpha value is -5.48. The van der Waals surface area contributed by atoms with Crippen molar-refractivity contribution < 1.29 is 57.0 Å². The van der Waals surface area contributed by atoms with E-state index < -0.39 is 91.2 Å². The molecule has 0 radical (unpaired) electrons. The number of nitrogens with zero attached hydrogens (tertiary/aromatic N) is 2. The van der Waals surface area contributed by atoms with E-state index in [0.717, 1.165) is 11.1 Å². The summed E-state index contributed by atoms with van der Waals surface area (Å²) < 4.78 is 63.5. The fraction of sp³-hybridized carbons (Fsp3) is 0.378. The van der Waals surface area contributed by atoms with Crippen LogP contribution in [0.15, 0.2) is 131 Å². The van der Waals surface area contributed by atoms with Crippen LogP contribution >= 0.6 is 0 Å². The number of esters is 2. The van der Waals surface area contributed by atoms with Gasteiger partial charge in [-0.05, 0) is 38.1 Å². The summed E-state index contributed by atoms with van der Waals surface area (Å²) in [6, 6.07) is 34.9. The topological polar surface area (TPSA) is 151 Å². The van der Waals surface area contributed by atoms with Crippen LogP contribution in [0.3, 0.4) is 0 Å². The molecule has 6 aliphatic rings. The smallest absolute Gasteiger partial charge is 0.338 e. The van der Waals surface area contributed by atoms with Crippen molar-refractivity contribution in [3.8, 4) is 0 Å². The quantitative estimate of drug-likeness (QED) is 0.200. The van der Waals surface area contributed by atoms with Gasteiger partial charge in [-0.3, -0.25) is 0 Å². The van der Waals surface area contributed by atoms with Gasteiger partial charge >= 0.3 is 11.9 Å². The minimum absolute atomic E-state index is 0.160. The van der Waals surface area contributed by atoms with Crippen molar-refractivity contribution in [2.24, 2.45) is 15.4 Å². The first-order chi connectivity index (χ1) is 28.8. The Morgan fingerprint density at radius 1 is 0.542 bits per heavy atom. The minimum Gasteiger partial charge on any atom is -0.453 e. The lowest BCUT2D eigenvalue weighted by Gasteiger charge is -2.45. The molecule has 0 spiro atoms. The van der Waals surface area contributed by atoms with Gasteiger partial charge in [-0.15, -0.1) is 0 Å². The number of fused-ring (bicyclic) bond motifs is 4. The number of carbonyl (C=O) groups is 2. The van der Waals surface area contributed by atoms with E-state index in [9.17, 15) is 9.59 Å². The van der Waals surface area contributed by atoms with E-state index in [1.807, 2.05) is 86.6 Å². The third kappa shape index (κ3) is 7.19. The second-order valence-corrected chi connectivity index (χ2v) is 15.6. The Morgan fingerprint density at radius 2 is 0.915 bits per heavy atom. The molecule has 12 atom stereocenters. The number of hydrogen-bond acceptors (Lipinski definition) is 14. The molecule has 0 N–H and O–H groups in total. The highest BCUT2D eigenvalue weighted by molar-refractivity contribution is 6.05. The SMILES string of the molecule is CC(C)(C1=N[C@H]2[C@@H](O1)O[C@@H]1CO[C@@H](c3ccccc3)O[C@H]1[C@@H]2OC(=O)c1ccccc1)C1=N[C@H]2[C@@H](O1)O[C@@H]1CO[C@@H](c3ccccc3)O[C@H]1[C@@H]2OC(=O)c1ccccc1. The van der Waals surface area contributed by atoms with Crippen LogP contribution in [-0.2, 0) is 47.4 Å². The Kier molecular flexibility index (Phi) is 9.99. The summed E-state index contributed by atoms with van der Waals surface area (Å²) in [4.78, 5) is 37.3. The van der Waals surface area contributed by atoms with E-state index in [0.29, 0.717) is 11.1 Å². The van der Waals surface area contributed by atoms with Gasteiger partial charge in [0.2, 0.25) is 24.4 Å². The number of rotatable bonds is 8. The van der Waals surface area contributed by atoms with Crippen molar-refractivity contribution in [1.29, 1.82) is 0 Å². The van der Waals surface area contributed by atoms with Gasteiger partial charge in [0.25, 0.3) is 0 Å². The van der Waals surface area contributed by atoms with E-state index in [4.69, 9.17) is 57.4 Å². The molecule has 6 heterocycles. The number of ether oxygens (including phenoxy) is 10. The van der Waals surface area contributed by atoms with Crippen molar-refractivity contribution in [1.82, 2.24) is 0 Å². The molecule has 0 amide bonds. The van der Waals surface area contributed by atoms with Gasteiger partial charge < -0.3 is 47.4 Å². The highest BCUT2D eigenvalue weighted by Gasteiger charge is 2.60. The standard InChI is InChI=1S/C45H42N2O12/c1-45(2,43-46-31-35(54-37(48)25-15-7-3-8-16-25)33-29(52-41(31)58-43)23-50-39(56-33)27-19-11-5-12-20-27)44-47-32-36(55-38(49)26-17-9-4-10-18-26)34-30(53-42(32)59-44)24-51-40(57-34)28-21-13-6-14-22-28/h3-22,29-36,39-42H,23-24H2,1-2H3/t29-,30-,31-,32-,33-,34-,35-,36-,39-,40-,41-,42-/m1/s1. The monoisotopic (exact) mass is 802 g/mol. The summed E-state index contributed by atoms with van der Waals surface area (Å²) in [6.45, 7) is 4.03. The average Bonchev–Trinajstić information content (AvgIpc) is 3.93. The van der Waals surface area contributed by atoms with Crippen LogP contribution in [-0.4, -0.2) is 98.2 Å². The normalized spacial score (nSPS) is 33.3. The lowest BCUT2D eigenvalue weighted by molar-refractivity contribution is -0.329. The number of benzene rings is 4. The summed E-state index contributed by atoms with van der Waals surface area (Å²) in [7, 11) is 0. The van der Waals surface area contributed by atoms with E-state index >= 15 is 0 Å². The summed E-state index contributed by atoms with van der Waals surface area (Å²) in [5, 5.41) is 0. The molecule has 0 saturated carbocycles. The first kappa shape index (κ1) is 37.8. The molecule has 14 heteroatoms. The number of aliphatic imine (C=N–C) groups is 2. The van der Waals surface area contributed by atoms with Gasteiger partial charge in [-0.1, -0.05) is 97.1 Å². The highest BCUT2D eigenvalue weighted by atomic mass is 16.8. The molecule has 4 aromatic carbocycles. The van der Waals surface area contributed by atoms with Crippen LogP contribution in [0.5, 0.6) is 0 Å². The van der Waals surface area contributed by atoms with Crippen molar-refractivity contribution in [2.75, 3.05) is 13.2 Å². The molecule has 6 aliphatic heterocycles. The predicted octanol–water partition coefficient (Wildman–Crippen LogP) is 5.74. The molecule has 0 bridgehead atoms. The van der Waals surface area contributed by atoms with E-state index in [-0.39, 0.29) is 25.0 Å². The van der Waals surface area contributed by atoms with Gasteiger partial charge in [0, 0.05) is 11.1 Å². The van der Waals surface area contributed by atoms with Gasteiger partial charge in [0.15, 0.2) is 36.9 Å². The van der Waals surface area contributed by atoms with Crippen LogP contribution < -0.4 is 0 Å². The Morgan fingerprint density at radius 3 is 1.31 bits per heavy atom. The summed E-state index contributed by atoms with van der Waals surface area (Å²) in [5.41, 5.74) is 1.29. The predicted molar refractivity (Wildman–Crippen MR) is 207 cm³/mol. The van der Waals surface area contributed by atoms with E-state index in [1.54, 1.807) is 48.5 Å². The fourth-order valence-electron chi connectivity index (χ4n) is 8.21. The zero-order valence-corrected chi connectivity index (χ0v) is 32.2. The Labute approximate surface area is 339 Å². The third-order valence-electron chi connectivity index (χ3n) is 11.3. The van der Waals surface area contributed by atoms with Crippen LogP contribution in [0.4, 0.5) is 0 Å². The van der Waals surface area contributed by atoms with Crippen LogP contribution in [0, 0.1) is 5.41 Å². The van der Waals surface area contributed by atoms with Crippen molar-refractivity contribution in [3.63, 3.8) is 0 Å². The number of carbonyl (C=O) groups excluding carboxylic acids is 2. The molecule has 304 valence electrons. The van der Waals surface area contributed by atoms with Gasteiger partial charge in [0.05, 0.1) is 24.3 Å². The van der Waals surface area contributed by atoms with Crippen molar-refractivity contribution >= 4 is 23.7 Å². The lowest BCUT2D eigenvalue weighted by Crippen LogP contribution is -2.61. The Balaban J connectivity index is 0.945. The maximum atomic E-state index is 13.6. The second kappa shape index (κ2) is 15.6. The molecule has 4 aromatic rings. The second-order valence-electron chi connectivity index (χ2n) is 15.6. The third-order valence-corrected chi connectivity index (χ3v) is 11.3. The molecule has 59 heavy (non-hydrogen) atoms. The molecule has 0 aromatic heterocycles. The van der Waals surface area contributed by atoms with Crippen LogP contribution in [0.25, 0.3) is 0 Å². The average molecular weight is 803 g/mol.